The van der Waals surface area contributed by atoms with Crippen LogP contribution in [0.15, 0.2) is 35.2 Å². The molecule has 134 valence electrons. The van der Waals surface area contributed by atoms with Gasteiger partial charge in [0.15, 0.2) is 19.7 Å². The molecule has 0 saturated carbocycles. The van der Waals surface area contributed by atoms with Gasteiger partial charge in [-0.15, -0.1) is 0 Å². The molecule has 5 nitrogen and oxygen atoms in total. The molecule has 1 aliphatic heterocycles. The van der Waals surface area contributed by atoms with Gasteiger partial charge in [0, 0.05) is 6.26 Å². The molecule has 1 N–H and O–H groups in total. The Kier molecular flexibility index (Phi) is 6.60. The van der Waals surface area contributed by atoms with Gasteiger partial charge in [0.1, 0.15) is 0 Å². The molecule has 0 spiro atoms. The van der Waals surface area contributed by atoms with Crippen LogP contribution >= 0.6 is 0 Å². The van der Waals surface area contributed by atoms with E-state index in [0.717, 1.165) is 44.2 Å². The van der Waals surface area contributed by atoms with Crippen molar-refractivity contribution in [3.8, 4) is 0 Å². The van der Waals surface area contributed by atoms with E-state index in [1.54, 1.807) is 24.3 Å². The van der Waals surface area contributed by atoms with Gasteiger partial charge in [-0.2, -0.15) is 0 Å². The summed E-state index contributed by atoms with van der Waals surface area (Å²) in [5, 5.41) is 3.28. The Morgan fingerprint density at radius 3 is 2.29 bits per heavy atom. The number of piperidine rings is 1. The van der Waals surface area contributed by atoms with Gasteiger partial charge in [0.2, 0.25) is 0 Å². The summed E-state index contributed by atoms with van der Waals surface area (Å²) in [5.74, 6) is 0.759. The lowest BCUT2D eigenvalue weighted by molar-refractivity contribution is 0.365. The van der Waals surface area contributed by atoms with Gasteiger partial charge < -0.3 is 5.32 Å². The molecule has 0 radical (unpaired) electrons. The minimum absolute atomic E-state index is 0.0196. The van der Waals surface area contributed by atoms with E-state index in [1.165, 1.54) is 12.1 Å². The molecule has 0 aliphatic carbocycles. The van der Waals surface area contributed by atoms with Crippen LogP contribution in [-0.4, -0.2) is 47.7 Å². The van der Waals surface area contributed by atoms with Crippen LogP contribution in [0.25, 0.3) is 6.08 Å². The summed E-state index contributed by atoms with van der Waals surface area (Å²) in [6.07, 6.45) is 7.35. The maximum absolute atomic E-state index is 12.1. The Bertz CT molecular complexity index is 759. The summed E-state index contributed by atoms with van der Waals surface area (Å²) in [4.78, 5) is 0.259. The third-order valence-electron chi connectivity index (χ3n) is 4.26. The van der Waals surface area contributed by atoms with Gasteiger partial charge in [-0.05, 0) is 56.0 Å². The highest BCUT2D eigenvalue weighted by molar-refractivity contribution is 7.91. The Labute approximate surface area is 145 Å². The lowest BCUT2D eigenvalue weighted by atomic mass is 9.96. The van der Waals surface area contributed by atoms with Crippen molar-refractivity contribution in [3.05, 3.63) is 35.9 Å². The van der Waals surface area contributed by atoms with Crippen molar-refractivity contribution in [2.75, 3.05) is 30.9 Å². The lowest BCUT2D eigenvalue weighted by Gasteiger charge is -2.22. The number of benzene rings is 1. The summed E-state index contributed by atoms with van der Waals surface area (Å²) in [6, 6.07) is 6.41. The fourth-order valence-electron chi connectivity index (χ4n) is 2.76. The third kappa shape index (κ3) is 6.37. The molecule has 0 unspecified atom stereocenters. The molecule has 0 bridgehead atoms. The minimum atomic E-state index is -3.21. The average Bonchev–Trinajstić information content (AvgIpc) is 2.54. The van der Waals surface area contributed by atoms with Crippen LogP contribution in [0.1, 0.15) is 24.8 Å². The molecule has 1 fully saturated rings. The molecule has 0 atom stereocenters. The number of nitrogens with one attached hydrogen (secondary N) is 1. The van der Waals surface area contributed by atoms with Crippen molar-refractivity contribution in [1.29, 1.82) is 0 Å². The molecular formula is C17H25NO4S2. The largest absolute Gasteiger partial charge is 0.317 e. The second-order valence-electron chi connectivity index (χ2n) is 6.34. The molecule has 0 aromatic heterocycles. The van der Waals surface area contributed by atoms with Crippen molar-refractivity contribution in [2.24, 2.45) is 5.92 Å². The predicted molar refractivity (Wildman–Crippen MR) is 97.5 cm³/mol. The van der Waals surface area contributed by atoms with Crippen LogP contribution in [0.4, 0.5) is 0 Å². The van der Waals surface area contributed by atoms with Crippen LogP contribution < -0.4 is 5.32 Å². The molecule has 2 rings (SSSR count). The number of sulfone groups is 2. The van der Waals surface area contributed by atoms with Crippen molar-refractivity contribution >= 4 is 25.8 Å². The smallest absolute Gasteiger partial charge is 0.175 e. The Morgan fingerprint density at radius 1 is 1.08 bits per heavy atom. The van der Waals surface area contributed by atoms with E-state index >= 15 is 0 Å². The number of hydrogen-bond acceptors (Lipinski definition) is 5. The van der Waals surface area contributed by atoms with Crippen LogP contribution in [0, 0.1) is 5.92 Å². The van der Waals surface area contributed by atoms with Crippen LogP contribution in [0.5, 0.6) is 0 Å². The van der Waals surface area contributed by atoms with Gasteiger partial charge >= 0.3 is 0 Å². The summed E-state index contributed by atoms with van der Waals surface area (Å²) < 4.78 is 47.0. The van der Waals surface area contributed by atoms with E-state index in [0.29, 0.717) is 5.92 Å². The van der Waals surface area contributed by atoms with E-state index in [1.807, 2.05) is 0 Å². The zero-order valence-corrected chi connectivity index (χ0v) is 15.6. The summed E-state index contributed by atoms with van der Waals surface area (Å²) in [5.41, 5.74) is 0.788. The van der Waals surface area contributed by atoms with Gasteiger partial charge in [0.25, 0.3) is 0 Å². The fraction of sp³-hybridized carbons (Fsp3) is 0.529. The normalized spacial score (nSPS) is 17.4. The van der Waals surface area contributed by atoms with E-state index < -0.39 is 19.7 Å². The van der Waals surface area contributed by atoms with Gasteiger partial charge in [-0.25, -0.2) is 16.8 Å². The quantitative estimate of drug-likeness (QED) is 0.792. The molecule has 1 aromatic rings. The summed E-state index contributed by atoms with van der Waals surface area (Å²) in [6.45, 7) is 1.96. The first-order valence-corrected chi connectivity index (χ1v) is 11.9. The second kappa shape index (κ2) is 8.27. The maximum atomic E-state index is 12.1. The van der Waals surface area contributed by atoms with Crippen molar-refractivity contribution < 1.29 is 16.8 Å². The molecule has 7 heteroatoms. The fourth-order valence-corrected chi connectivity index (χ4v) is 4.64. The van der Waals surface area contributed by atoms with E-state index in [2.05, 4.69) is 5.32 Å². The van der Waals surface area contributed by atoms with E-state index in [4.69, 9.17) is 0 Å². The van der Waals surface area contributed by atoms with Crippen LogP contribution in [0.3, 0.4) is 0 Å². The first kappa shape index (κ1) is 19.1. The molecular weight excluding hydrogens is 346 g/mol. The molecule has 1 saturated heterocycles. The molecule has 1 aromatic carbocycles. The maximum Gasteiger partial charge on any atom is 0.175 e. The van der Waals surface area contributed by atoms with E-state index in [9.17, 15) is 16.8 Å². The Hall–Kier alpha value is -1.18. The first-order chi connectivity index (χ1) is 11.3. The number of hydrogen-bond donors (Lipinski definition) is 1. The average molecular weight is 372 g/mol. The highest BCUT2D eigenvalue weighted by Crippen LogP contribution is 2.17. The SMILES string of the molecule is CS(=O)(=O)c1ccc(C=CCS(=O)(=O)CCC2CCNCC2)cc1. The van der Waals surface area contributed by atoms with Crippen molar-refractivity contribution in [1.82, 2.24) is 5.32 Å². The molecule has 1 aliphatic rings. The predicted octanol–water partition coefficient (Wildman–Crippen LogP) is 1.91. The van der Waals surface area contributed by atoms with Crippen molar-refractivity contribution in [3.63, 3.8) is 0 Å². The highest BCUT2D eigenvalue weighted by Gasteiger charge is 2.17. The molecule has 1 heterocycles. The monoisotopic (exact) mass is 371 g/mol. The summed E-state index contributed by atoms with van der Waals surface area (Å²) in [7, 11) is -6.29. The number of rotatable bonds is 7. The standard InChI is InChI=1S/C17H25NO4S2/c1-23(19,20)17-6-4-15(5-7-17)3-2-13-24(21,22)14-10-16-8-11-18-12-9-16/h2-7,16,18H,8-14H2,1H3. The summed E-state index contributed by atoms with van der Waals surface area (Å²) >= 11 is 0. The minimum Gasteiger partial charge on any atom is -0.317 e. The van der Waals surface area contributed by atoms with Gasteiger partial charge in [-0.3, -0.25) is 0 Å². The third-order valence-corrected chi connectivity index (χ3v) is 6.95. The zero-order chi connectivity index (χ0) is 17.6. The van der Waals surface area contributed by atoms with E-state index in [-0.39, 0.29) is 16.4 Å². The van der Waals surface area contributed by atoms with Crippen LogP contribution in [-0.2, 0) is 19.7 Å². The molecule has 0 amide bonds. The van der Waals surface area contributed by atoms with Crippen LogP contribution in [0.2, 0.25) is 0 Å². The second-order valence-corrected chi connectivity index (χ2v) is 10.6. The lowest BCUT2D eigenvalue weighted by Crippen LogP contribution is -2.28. The highest BCUT2D eigenvalue weighted by atomic mass is 32.2. The first-order valence-electron chi connectivity index (χ1n) is 8.14. The zero-order valence-electron chi connectivity index (χ0n) is 13.9. The van der Waals surface area contributed by atoms with Crippen molar-refractivity contribution in [2.45, 2.75) is 24.2 Å². The topological polar surface area (TPSA) is 80.3 Å². The Morgan fingerprint density at radius 2 is 1.71 bits per heavy atom. The van der Waals surface area contributed by atoms with Gasteiger partial charge in [0.05, 0.1) is 16.4 Å². The Balaban J connectivity index is 1.85. The molecule has 24 heavy (non-hydrogen) atoms. The van der Waals surface area contributed by atoms with Gasteiger partial charge in [-0.1, -0.05) is 24.3 Å².